The van der Waals surface area contributed by atoms with Crippen molar-refractivity contribution in [1.29, 1.82) is 0 Å². The van der Waals surface area contributed by atoms with Gasteiger partial charge in [0.2, 0.25) is 11.7 Å². The molecule has 2 heterocycles. The summed E-state index contributed by atoms with van der Waals surface area (Å²) in [7, 11) is 1.94. The summed E-state index contributed by atoms with van der Waals surface area (Å²) in [6.07, 6.45) is -4.41. The maximum absolute atomic E-state index is 12.9. The predicted molar refractivity (Wildman–Crippen MR) is 93.7 cm³/mol. The molecule has 1 atom stereocenters. The maximum Gasteiger partial charge on any atom is 0.416 e. The number of aryl methyl sites for hydroxylation is 1. The van der Waals surface area contributed by atoms with Gasteiger partial charge in [-0.1, -0.05) is 17.3 Å². The third-order valence-electron chi connectivity index (χ3n) is 4.27. The van der Waals surface area contributed by atoms with E-state index in [1.807, 2.05) is 19.4 Å². The Kier molecular flexibility index (Phi) is 5.15. The van der Waals surface area contributed by atoms with E-state index in [1.165, 1.54) is 22.6 Å². The van der Waals surface area contributed by atoms with Crippen molar-refractivity contribution in [1.82, 2.24) is 15.0 Å². The number of aromatic nitrogens is 2. The number of hydrogen-bond acceptors (Lipinski definition) is 5. The first-order chi connectivity index (χ1) is 12.3. The third kappa shape index (κ3) is 3.96. The Bertz CT molecular complexity index is 888. The summed E-state index contributed by atoms with van der Waals surface area (Å²) in [5.41, 5.74) is 0.766. The SMILES string of the molecule is Cc1ccsc1CN(C)C(C)c1nc(-c2cccc(C(F)(F)F)c2)no1. The van der Waals surface area contributed by atoms with Crippen LogP contribution in [-0.2, 0) is 12.7 Å². The molecule has 0 bridgehead atoms. The highest BCUT2D eigenvalue weighted by Gasteiger charge is 2.31. The predicted octanol–water partition coefficient (Wildman–Crippen LogP) is 5.32. The topological polar surface area (TPSA) is 42.2 Å². The van der Waals surface area contributed by atoms with Crippen molar-refractivity contribution in [3.8, 4) is 11.4 Å². The van der Waals surface area contributed by atoms with Crippen LogP contribution in [0.25, 0.3) is 11.4 Å². The molecule has 26 heavy (non-hydrogen) atoms. The molecule has 138 valence electrons. The van der Waals surface area contributed by atoms with E-state index in [1.54, 1.807) is 11.3 Å². The van der Waals surface area contributed by atoms with E-state index in [2.05, 4.69) is 28.0 Å². The van der Waals surface area contributed by atoms with Crippen molar-refractivity contribution in [2.45, 2.75) is 32.6 Å². The monoisotopic (exact) mass is 381 g/mol. The molecule has 8 heteroatoms. The van der Waals surface area contributed by atoms with Gasteiger partial charge in [0.05, 0.1) is 11.6 Å². The summed E-state index contributed by atoms with van der Waals surface area (Å²) < 4.78 is 43.9. The van der Waals surface area contributed by atoms with E-state index >= 15 is 0 Å². The highest BCUT2D eigenvalue weighted by atomic mass is 32.1. The standard InChI is InChI=1S/C18H18F3N3OS/c1-11-7-8-26-15(11)10-24(3)12(2)17-22-16(23-25-17)13-5-4-6-14(9-13)18(19,20)21/h4-9,12H,10H2,1-3H3. The Morgan fingerprint density at radius 3 is 2.69 bits per heavy atom. The van der Waals surface area contributed by atoms with Crippen LogP contribution in [0.1, 0.15) is 34.9 Å². The van der Waals surface area contributed by atoms with Crippen LogP contribution in [0.5, 0.6) is 0 Å². The largest absolute Gasteiger partial charge is 0.416 e. The molecule has 0 aliphatic rings. The van der Waals surface area contributed by atoms with Crippen molar-refractivity contribution in [3.05, 3.63) is 57.6 Å². The van der Waals surface area contributed by atoms with E-state index in [0.29, 0.717) is 5.89 Å². The number of halogens is 3. The van der Waals surface area contributed by atoms with Gasteiger partial charge in [0.15, 0.2) is 0 Å². The quantitative estimate of drug-likeness (QED) is 0.600. The Balaban J connectivity index is 1.78. The van der Waals surface area contributed by atoms with Gasteiger partial charge in [-0.25, -0.2) is 0 Å². The van der Waals surface area contributed by atoms with Crippen LogP contribution < -0.4 is 0 Å². The molecule has 0 N–H and O–H groups in total. The van der Waals surface area contributed by atoms with Gasteiger partial charge < -0.3 is 4.52 Å². The second-order valence-corrected chi connectivity index (χ2v) is 7.15. The molecule has 0 saturated heterocycles. The van der Waals surface area contributed by atoms with Crippen molar-refractivity contribution in [3.63, 3.8) is 0 Å². The Labute approximate surface area is 153 Å². The third-order valence-corrected chi connectivity index (χ3v) is 5.28. The maximum atomic E-state index is 12.9. The summed E-state index contributed by atoms with van der Waals surface area (Å²) in [4.78, 5) is 7.60. The van der Waals surface area contributed by atoms with Crippen molar-refractivity contribution in [2.75, 3.05) is 7.05 Å². The molecule has 2 aromatic heterocycles. The van der Waals surface area contributed by atoms with E-state index in [9.17, 15) is 13.2 Å². The van der Waals surface area contributed by atoms with Gasteiger partial charge in [0.1, 0.15) is 0 Å². The molecule has 0 aliphatic carbocycles. The van der Waals surface area contributed by atoms with E-state index in [-0.39, 0.29) is 17.4 Å². The molecule has 0 amide bonds. The van der Waals surface area contributed by atoms with Gasteiger partial charge in [-0.2, -0.15) is 18.2 Å². The molecular weight excluding hydrogens is 363 g/mol. The van der Waals surface area contributed by atoms with Gasteiger partial charge in [-0.3, -0.25) is 4.90 Å². The minimum atomic E-state index is -4.41. The fraction of sp³-hybridized carbons (Fsp3) is 0.333. The minimum absolute atomic E-state index is 0.152. The van der Waals surface area contributed by atoms with Crippen LogP contribution in [0.4, 0.5) is 13.2 Å². The van der Waals surface area contributed by atoms with E-state index in [0.717, 1.165) is 18.7 Å². The Morgan fingerprint density at radius 1 is 1.27 bits per heavy atom. The van der Waals surface area contributed by atoms with Gasteiger partial charge in [0.25, 0.3) is 0 Å². The Morgan fingerprint density at radius 2 is 2.04 bits per heavy atom. The molecule has 0 radical (unpaired) electrons. The van der Waals surface area contributed by atoms with Crippen molar-refractivity contribution in [2.24, 2.45) is 0 Å². The van der Waals surface area contributed by atoms with Gasteiger partial charge >= 0.3 is 6.18 Å². The molecule has 3 aromatic rings. The van der Waals surface area contributed by atoms with Gasteiger partial charge in [-0.05, 0) is 50.0 Å². The van der Waals surface area contributed by atoms with Crippen LogP contribution >= 0.6 is 11.3 Å². The van der Waals surface area contributed by atoms with Gasteiger partial charge in [0, 0.05) is 17.0 Å². The average molecular weight is 381 g/mol. The molecular formula is C18H18F3N3OS. The lowest BCUT2D eigenvalue weighted by Crippen LogP contribution is -2.22. The zero-order valence-electron chi connectivity index (χ0n) is 14.5. The summed E-state index contributed by atoms with van der Waals surface area (Å²) in [5.74, 6) is 0.521. The lowest BCUT2D eigenvalue weighted by Gasteiger charge is -2.21. The summed E-state index contributed by atoms with van der Waals surface area (Å²) in [5, 5.41) is 5.89. The molecule has 1 aromatic carbocycles. The number of thiophene rings is 1. The number of rotatable bonds is 5. The lowest BCUT2D eigenvalue weighted by atomic mass is 10.1. The highest BCUT2D eigenvalue weighted by molar-refractivity contribution is 7.10. The zero-order chi connectivity index (χ0) is 18.9. The smallest absolute Gasteiger partial charge is 0.337 e. The Hall–Kier alpha value is -2.19. The van der Waals surface area contributed by atoms with Crippen LogP contribution in [-0.4, -0.2) is 22.1 Å². The van der Waals surface area contributed by atoms with Crippen LogP contribution in [0.2, 0.25) is 0 Å². The molecule has 3 rings (SSSR count). The van der Waals surface area contributed by atoms with Crippen LogP contribution in [0.3, 0.4) is 0 Å². The normalized spacial score (nSPS) is 13.3. The highest BCUT2D eigenvalue weighted by Crippen LogP contribution is 2.32. The second-order valence-electron chi connectivity index (χ2n) is 6.15. The fourth-order valence-electron chi connectivity index (χ4n) is 2.47. The first kappa shape index (κ1) is 18.6. The molecule has 0 fully saturated rings. The summed E-state index contributed by atoms with van der Waals surface area (Å²) >= 11 is 1.68. The fourth-order valence-corrected chi connectivity index (χ4v) is 3.44. The summed E-state index contributed by atoms with van der Waals surface area (Å²) in [6, 6.07) is 6.82. The number of alkyl halides is 3. The lowest BCUT2D eigenvalue weighted by molar-refractivity contribution is -0.137. The van der Waals surface area contributed by atoms with Crippen LogP contribution in [0.15, 0.2) is 40.2 Å². The van der Waals surface area contributed by atoms with E-state index < -0.39 is 11.7 Å². The van der Waals surface area contributed by atoms with Gasteiger partial charge in [-0.15, -0.1) is 11.3 Å². The molecule has 0 spiro atoms. The van der Waals surface area contributed by atoms with E-state index in [4.69, 9.17) is 4.52 Å². The van der Waals surface area contributed by atoms with Crippen molar-refractivity contribution >= 4 is 11.3 Å². The van der Waals surface area contributed by atoms with Crippen LogP contribution in [0, 0.1) is 6.92 Å². The minimum Gasteiger partial charge on any atom is -0.337 e. The summed E-state index contributed by atoms with van der Waals surface area (Å²) in [6.45, 7) is 4.71. The number of nitrogens with zero attached hydrogens (tertiary/aromatic N) is 3. The number of hydrogen-bond donors (Lipinski definition) is 0. The van der Waals surface area contributed by atoms with Crippen molar-refractivity contribution < 1.29 is 17.7 Å². The number of benzene rings is 1. The molecule has 0 saturated carbocycles. The molecule has 1 unspecified atom stereocenters. The molecule has 4 nitrogen and oxygen atoms in total. The first-order valence-electron chi connectivity index (χ1n) is 8.00. The first-order valence-corrected chi connectivity index (χ1v) is 8.88. The molecule has 0 aliphatic heterocycles. The average Bonchev–Trinajstić information content (AvgIpc) is 3.23. The zero-order valence-corrected chi connectivity index (χ0v) is 15.4. The second kappa shape index (κ2) is 7.20.